The van der Waals surface area contributed by atoms with Crippen LogP contribution >= 0.6 is 0 Å². The van der Waals surface area contributed by atoms with Gasteiger partial charge >= 0.3 is 0 Å². The number of ether oxygens (including phenoxy) is 2. The highest BCUT2D eigenvalue weighted by molar-refractivity contribution is 5.98. The quantitative estimate of drug-likeness (QED) is 0.653. The molecule has 0 N–H and O–H groups in total. The summed E-state index contributed by atoms with van der Waals surface area (Å²) in [4.78, 5) is 14.7. The van der Waals surface area contributed by atoms with Crippen molar-refractivity contribution >= 4 is 5.78 Å². The Morgan fingerprint density at radius 2 is 1.76 bits per heavy atom. The van der Waals surface area contributed by atoms with Gasteiger partial charge in [-0.05, 0) is 44.1 Å². The Kier molecular flexibility index (Phi) is 6.05. The van der Waals surface area contributed by atoms with Gasteiger partial charge in [-0.1, -0.05) is 26.7 Å². The molecular formula is C17H25NO3. The van der Waals surface area contributed by atoms with Crippen molar-refractivity contribution in [3.8, 4) is 11.5 Å². The average molecular weight is 291 g/mol. The molecule has 21 heavy (non-hydrogen) atoms. The first kappa shape index (κ1) is 15.8. The number of unbranched alkanes of at least 4 members (excludes halogenated alkanes) is 2. The number of hydrogen-bond acceptors (Lipinski definition) is 4. The van der Waals surface area contributed by atoms with E-state index >= 15 is 0 Å². The molecule has 0 aliphatic carbocycles. The van der Waals surface area contributed by atoms with Crippen LogP contribution in [0.25, 0.3) is 0 Å². The van der Waals surface area contributed by atoms with Crippen LogP contribution in [0.2, 0.25) is 0 Å². The highest BCUT2D eigenvalue weighted by atomic mass is 16.7. The molecule has 1 aromatic carbocycles. The molecule has 1 heterocycles. The van der Waals surface area contributed by atoms with Crippen LogP contribution in [-0.2, 0) is 0 Å². The van der Waals surface area contributed by atoms with E-state index in [9.17, 15) is 4.79 Å². The second-order valence-electron chi connectivity index (χ2n) is 5.47. The second kappa shape index (κ2) is 8.03. The van der Waals surface area contributed by atoms with E-state index in [4.69, 9.17) is 9.47 Å². The lowest BCUT2D eigenvalue weighted by atomic mass is 10.1. The Bertz CT molecular complexity index is 465. The molecule has 0 saturated carbocycles. The fourth-order valence-corrected chi connectivity index (χ4v) is 2.40. The predicted molar refractivity (Wildman–Crippen MR) is 83.2 cm³/mol. The molecule has 1 aromatic rings. The topological polar surface area (TPSA) is 38.8 Å². The molecule has 0 atom stereocenters. The lowest BCUT2D eigenvalue weighted by molar-refractivity contribution is 0.0928. The molecule has 0 amide bonds. The van der Waals surface area contributed by atoms with E-state index in [1.54, 1.807) is 6.07 Å². The summed E-state index contributed by atoms with van der Waals surface area (Å²) < 4.78 is 10.6. The molecule has 2 rings (SSSR count). The molecule has 0 saturated heterocycles. The first-order valence-corrected chi connectivity index (χ1v) is 7.89. The molecular weight excluding hydrogens is 266 g/mol. The fraction of sp³-hybridized carbons (Fsp3) is 0.588. The molecule has 4 nitrogen and oxygen atoms in total. The van der Waals surface area contributed by atoms with Gasteiger partial charge in [0.2, 0.25) is 6.79 Å². The molecule has 0 aromatic heterocycles. The summed E-state index contributed by atoms with van der Waals surface area (Å²) in [6, 6.07) is 5.44. The van der Waals surface area contributed by atoms with E-state index in [0.717, 1.165) is 44.5 Å². The van der Waals surface area contributed by atoms with Gasteiger partial charge in [-0.3, -0.25) is 9.69 Å². The van der Waals surface area contributed by atoms with Crippen molar-refractivity contribution < 1.29 is 14.3 Å². The van der Waals surface area contributed by atoms with E-state index in [1.165, 1.54) is 0 Å². The van der Waals surface area contributed by atoms with Gasteiger partial charge in [0.1, 0.15) is 0 Å². The van der Waals surface area contributed by atoms with Crippen molar-refractivity contribution in [1.82, 2.24) is 4.90 Å². The average Bonchev–Trinajstić information content (AvgIpc) is 2.97. The SMILES string of the molecule is CCCCN(CCCC)CC(=O)c1ccc2c(c1)OCO2. The van der Waals surface area contributed by atoms with Gasteiger partial charge < -0.3 is 9.47 Å². The van der Waals surface area contributed by atoms with Crippen LogP contribution in [0.15, 0.2) is 18.2 Å². The third kappa shape index (κ3) is 4.46. The van der Waals surface area contributed by atoms with E-state index in [-0.39, 0.29) is 12.6 Å². The number of benzene rings is 1. The summed E-state index contributed by atoms with van der Waals surface area (Å²) in [5, 5.41) is 0. The van der Waals surface area contributed by atoms with Crippen molar-refractivity contribution in [1.29, 1.82) is 0 Å². The van der Waals surface area contributed by atoms with Gasteiger partial charge in [-0.15, -0.1) is 0 Å². The van der Waals surface area contributed by atoms with Gasteiger partial charge in [-0.2, -0.15) is 0 Å². The van der Waals surface area contributed by atoms with Gasteiger partial charge in [0.25, 0.3) is 0 Å². The van der Waals surface area contributed by atoms with E-state index in [2.05, 4.69) is 18.7 Å². The van der Waals surface area contributed by atoms with Crippen LogP contribution in [0.1, 0.15) is 49.9 Å². The first-order chi connectivity index (χ1) is 10.2. The Hall–Kier alpha value is -1.55. The Morgan fingerprint density at radius 3 is 2.43 bits per heavy atom. The maximum absolute atomic E-state index is 12.4. The van der Waals surface area contributed by atoms with Crippen LogP contribution < -0.4 is 9.47 Å². The van der Waals surface area contributed by atoms with Crippen LogP contribution in [0.5, 0.6) is 11.5 Å². The van der Waals surface area contributed by atoms with Crippen LogP contribution in [0.4, 0.5) is 0 Å². The van der Waals surface area contributed by atoms with E-state index in [0.29, 0.717) is 17.9 Å². The lowest BCUT2D eigenvalue weighted by Crippen LogP contribution is -2.31. The van der Waals surface area contributed by atoms with Crippen LogP contribution in [0.3, 0.4) is 0 Å². The Labute approximate surface area is 127 Å². The summed E-state index contributed by atoms with van der Waals surface area (Å²) in [7, 11) is 0. The lowest BCUT2D eigenvalue weighted by Gasteiger charge is -2.21. The third-order valence-electron chi connectivity index (χ3n) is 3.72. The highest BCUT2D eigenvalue weighted by Gasteiger charge is 2.17. The fourth-order valence-electron chi connectivity index (χ4n) is 2.40. The zero-order chi connectivity index (χ0) is 15.1. The number of carbonyl (C=O) groups excluding carboxylic acids is 1. The van der Waals surface area contributed by atoms with Gasteiger partial charge in [0.15, 0.2) is 17.3 Å². The van der Waals surface area contributed by atoms with Crippen molar-refractivity contribution in [3.63, 3.8) is 0 Å². The summed E-state index contributed by atoms with van der Waals surface area (Å²) in [6.45, 7) is 7.07. The molecule has 0 radical (unpaired) electrons. The smallest absolute Gasteiger partial charge is 0.231 e. The summed E-state index contributed by atoms with van der Waals surface area (Å²) >= 11 is 0. The number of Topliss-reactive ketones (excluding diaryl/α,β-unsaturated/α-hetero) is 1. The van der Waals surface area contributed by atoms with Crippen molar-refractivity contribution in [2.75, 3.05) is 26.4 Å². The highest BCUT2D eigenvalue weighted by Crippen LogP contribution is 2.32. The largest absolute Gasteiger partial charge is 0.454 e. The van der Waals surface area contributed by atoms with Gasteiger partial charge in [0.05, 0.1) is 6.54 Å². The molecule has 0 spiro atoms. The summed E-state index contributed by atoms with van der Waals surface area (Å²) in [5.41, 5.74) is 0.706. The molecule has 1 aliphatic rings. The maximum atomic E-state index is 12.4. The number of nitrogens with zero attached hydrogens (tertiary/aromatic N) is 1. The second-order valence-corrected chi connectivity index (χ2v) is 5.47. The predicted octanol–water partition coefficient (Wildman–Crippen LogP) is 3.50. The maximum Gasteiger partial charge on any atom is 0.231 e. The third-order valence-corrected chi connectivity index (χ3v) is 3.72. The number of carbonyl (C=O) groups is 1. The van der Waals surface area contributed by atoms with E-state index < -0.39 is 0 Å². The minimum atomic E-state index is 0.153. The van der Waals surface area contributed by atoms with Crippen LogP contribution in [-0.4, -0.2) is 37.1 Å². The molecule has 116 valence electrons. The zero-order valence-corrected chi connectivity index (χ0v) is 13.1. The van der Waals surface area contributed by atoms with E-state index in [1.807, 2.05) is 12.1 Å². The number of ketones is 1. The Morgan fingerprint density at radius 1 is 1.10 bits per heavy atom. The Balaban J connectivity index is 1.97. The van der Waals surface area contributed by atoms with Crippen molar-refractivity contribution in [2.24, 2.45) is 0 Å². The minimum Gasteiger partial charge on any atom is -0.454 e. The normalized spacial score (nSPS) is 12.9. The molecule has 0 unspecified atom stereocenters. The van der Waals surface area contributed by atoms with Gasteiger partial charge in [0, 0.05) is 5.56 Å². The number of fused-ring (bicyclic) bond motifs is 1. The van der Waals surface area contributed by atoms with Crippen molar-refractivity contribution in [3.05, 3.63) is 23.8 Å². The standard InChI is InChI=1S/C17H25NO3/c1-3-5-9-18(10-6-4-2)12-15(19)14-7-8-16-17(11-14)21-13-20-16/h7-8,11H,3-6,9-10,12-13H2,1-2H3. The van der Waals surface area contributed by atoms with Crippen LogP contribution in [0, 0.1) is 0 Å². The molecule has 4 heteroatoms. The summed E-state index contributed by atoms with van der Waals surface area (Å²) in [5.74, 6) is 1.55. The van der Waals surface area contributed by atoms with Gasteiger partial charge in [-0.25, -0.2) is 0 Å². The number of hydrogen-bond donors (Lipinski definition) is 0. The summed E-state index contributed by atoms with van der Waals surface area (Å²) in [6.07, 6.45) is 4.58. The molecule has 0 bridgehead atoms. The van der Waals surface area contributed by atoms with Crippen molar-refractivity contribution in [2.45, 2.75) is 39.5 Å². The minimum absolute atomic E-state index is 0.153. The first-order valence-electron chi connectivity index (χ1n) is 7.89. The monoisotopic (exact) mass is 291 g/mol. The molecule has 1 aliphatic heterocycles. The number of rotatable bonds is 9. The zero-order valence-electron chi connectivity index (χ0n) is 13.1. The molecule has 0 fully saturated rings.